The maximum Gasteiger partial charge on any atom is 0.293 e. The summed E-state index contributed by atoms with van der Waals surface area (Å²) in [4.78, 5) is 10.3. The number of primary sulfonamides is 1. The fourth-order valence-corrected chi connectivity index (χ4v) is 3.07. The molecule has 1 aromatic rings. The molecule has 1 aliphatic heterocycles. The quantitative estimate of drug-likeness (QED) is 0.622. The van der Waals surface area contributed by atoms with Crippen molar-refractivity contribution in [1.82, 2.24) is 0 Å². The van der Waals surface area contributed by atoms with E-state index in [0.717, 1.165) is 18.9 Å². The molecule has 2 rings (SSSR count). The molecule has 9 heteroatoms. The van der Waals surface area contributed by atoms with Gasteiger partial charge in [-0.05, 0) is 37.8 Å². The largest absolute Gasteiger partial charge is 0.381 e. The van der Waals surface area contributed by atoms with Crippen molar-refractivity contribution >= 4 is 21.4 Å². The Morgan fingerprint density at radius 2 is 2.05 bits per heavy atom. The average molecular weight is 329 g/mol. The Balaban J connectivity index is 2.24. The molecule has 1 aliphatic rings. The molecular formula is C13H19N3O5S. The second kappa shape index (κ2) is 6.59. The van der Waals surface area contributed by atoms with Gasteiger partial charge in [-0.15, -0.1) is 0 Å². The van der Waals surface area contributed by atoms with Gasteiger partial charge in [0.15, 0.2) is 0 Å². The van der Waals surface area contributed by atoms with E-state index in [9.17, 15) is 18.5 Å². The van der Waals surface area contributed by atoms with E-state index in [-0.39, 0.29) is 22.3 Å². The Bertz CT molecular complexity index is 656. The smallest absolute Gasteiger partial charge is 0.293 e. The average Bonchev–Trinajstić information content (AvgIpc) is 2.47. The number of sulfonamides is 1. The third-order valence-corrected chi connectivity index (χ3v) is 4.76. The molecule has 1 fully saturated rings. The van der Waals surface area contributed by atoms with E-state index in [1.807, 2.05) is 6.92 Å². The zero-order valence-corrected chi connectivity index (χ0v) is 13.0. The summed E-state index contributed by atoms with van der Waals surface area (Å²) >= 11 is 0. The minimum Gasteiger partial charge on any atom is -0.381 e. The van der Waals surface area contributed by atoms with E-state index in [2.05, 4.69) is 5.32 Å². The maximum atomic E-state index is 11.3. The van der Waals surface area contributed by atoms with Crippen LogP contribution < -0.4 is 10.5 Å². The number of nitrogens with one attached hydrogen (secondary N) is 1. The van der Waals surface area contributed by atoms with E-state index < -0.39 is 14.9 Å². The Kier molecular flexibility index (Phi) is 4.99. The molecule has 0 aromatic heterocycles. The van der Waals surface area contributed by atoms with Crippen LogP contribution >= 0.6 is 0 Å². The van der Waals surface area contributed by atoms with Gasteiger partial charge in [-0.1, -0.05) is 0 Å². The number of anilines is 1. The SMILES string of the molecule is C[C@@H](Nc1ccc(S(N)(=O)=O)cc1[N+](=O)[O-])C1CCOCC1. The molecule has 1 saturated heterocycles. The van der Waals surface area contributed by atoms with Crippen molar-refractivity contribution < 1.29 is 18.1 Å². The van der Waals surface area contributed by atoms with Crippen molar-refractivity contribution in [1.29, 1.82) is 0 Å². The van der Waals surface area contributed by atoms with Crippen LogP contribution in [0.5, 0.6) is 0 Å². The van der Waals surface area contributed by atoms with E-state index in [1.54, 1.807) is 0 Å². The molecule has 0 bridgehead atoms. The van der Waals surface area contributed by atoms with Gasteiger partial charge < -0.3 is 10.1 Å². The van der Waals surface area contributed by atoms with Crippen LogP contribution in [0.2, 0.25) is 0 Å². The number of benzene rings is 1. The van der Waals surface area contributed by atoms with Crippen LogP contribution in [0.3, 0.4) is 0 Å². The number of nitrogens with two attached hydrogens (primary N) is 1. The first-order valence-corrected chi connectivity index (χ1v) is 8.49. The standard InChI is InChI=1S/C13H19N3O5S/c1-9(10-4-6-21-7-5-10)15-12-3-2-11(22(14,19)20)8-13(12)16(17)18/h2-3,8-10,15H,4-7H2,1H3,(H2,14,19,20)/t9-/m1/s1. The zero-order valence-electron chi connectivity index (χ0n) is 12.2. The molecule has 1 atom stereocenters. The van der Waals surface area contributed by atoms with E-state index in [4.69, 9.17) is 9.88 Å². The Hall–Kier alpha value is -1.71. The molecule has 22 heavy (non-hydrogen) atoms. The highest BCUT2D eigenvalue weighted by molar-refractivity contribution is 7.89. The highest BCUT2D eigenvalue weighted by atomic mass is 32.2. The summed E-state index contributed by atoms with van der Waals surface area (Å²) in [5.41, 5.74) is -0.0122. The van der Waals surface area contributed by atoms with Gasteiger partial charge in [0.05, 0.1) is 9.82 Å². The normalized spacial score (nSPS) is 17.9. The van der Waals surface area contributed by atoms with Gasteiger partial charge in [-0.2, -0.15) is 0 Å². The molecule has 0 spiro atoms. The molecule has 0 unspecified atom stereocenters. The number of nitro benzene ring substituents is 1. The minimum atomic E-state index is -3.97. The summed E-state index contributed by atoms with van der Waals surface area (Å²) in [6, 6.07) is 3.65. The van der Waals surface area contributed by atoms with Crippen LogP contribution in [0.1, 0.15) is 19.8 Å². The van der Waals surface area contributed by atoms with E-state index in [1.165, 1.54) is 12.1 Å². The lowest BCUT2D eigenvalue weighted by atomic mass is 9.93. The molecule has 1 heterocycles. The molecule has 8 nitrogen and oxygen atoms in total. The van der Waals surface area contributed by atoms with Gasteiger partial charge in [0, 0.05) is 25.3 Å². The third kappa shape index (κ3) is 3.93. The van der Waals surface area contributed by atoms with Gasteiger partial charge in [-0.3, -0.25) is 10.1 Å². The summed E-state index contributed by atoms with van der Waals surface area (Å²) in [6.07, 6.45) is 1.77. The Morgan fingerprint density at radius 1 is 1.41 bits per heavy atom. The number of rotatable bonds is 5. The highest BCUT2D eigenvalue weighted by Crippen LogP contribution is 2.30. The van der Waals surface area contributed by atoms with Crippen molar-refractivity contribution in [3.8, 4) is 0 Å². The molecule has 3 N–H and O–H groups in total. The van der Waals surface area contributed by atoms with Crippen LogP contribution in [0.15, 0.2) is 23.1 Å². The molecule has 0 aliphatic carbocycles. The first kappa shape index (κ1) is 16.7. The van der Waals surface area contributed by atoms with Gasteiger partial charge in [0.1, 0.15) is 5.69 Å². The fraction of sp³-hybridized carbons (Fsp3) is 0.538. The highest BCUT2D eigenvalue weighted by Gasteiger charge is 2.24. The third-order valence-electron chi connectivity index (χ3n) is 3.85. The molecule has 0 amide bonds. The van der Waals surface area contributed by atoms with Crippen LogP contribution in [0, 0.1) is 16.0 Å². The summed E-state index contributed by atoms with van der Waals surface area (Å²) in [6.45, 7) is 3.32. The predicted octanol–water partition coefficient (Wildman–Crippen LogP) is 1.47. The van der Waals surface area contributed by atoms with Crippen LogP contribution in [-0.2, 0) is 14.8 Å². The second-order valence-electron chi connectivity index (χ2n) is 5.36. The first-order chi connectivity index (χ1) is 10.3. The van der Waals surface area contributed by atoms with Gasteiger partial charge in [0.2, 0.25) is 10.0 Å². The summed E-state index contributed by atoms with van der Waals surface area (Å²) in [7, 11) is -3.97. The van der Waals surface area contributed by atoms with E-state index in [0.29, 0.717) is 19.1 Å². The topological polar surface area (TPSA) is 125 Å². The number of ether oxygens (including phenoxy) is 1. The van der Waals surface area contributed by atoms with Gasteiger partial charge >= 0.3 is 0 Å². The van der Waals surface area contributed by atoms with E-state index >= 15 is 0 Å². The van der Waals surface area contributed by atoms with Crippen molar-refractivity contribution in [3.05, 3.63) is 28.3 Å². The Labute approximate surface area is 128 Å². The Morgan fingerprint density at radius 3 is 2.59 bits per heavy atom. The molecule has 1 aromatic carbocycles. The molecule has 0 saturated carbocycles. The van der Waals surface area contributed by atoms with Crippen LogP contribution in [0.4, 0.5) is 11.4 Å². The maximum absolute atomic E-state index is 11.3. The first-order valence-electron chi connectivity index (χ1n) is 6.94. The van der Waals surface area contributed by atoms with Crippen molar-refractivity contribution in [3.63, 3.8) is 0 Å². The van der Waals surface area contributed by atoms with Crippen LogP contribution in [-0.4, -0.2) is 32.6 Å². The number of nitro groups is 1. The summed E-state index contributed by atoms with van der Waals surface area (Å²) < 4.78 is 27.9. The predicted molar refractivity (Wildman–Crippen MR) is 81.1 cm³/mol. The minimum absolute atomic E-state index is 0.0166. The van der Waals surface area contributed by atoms with Crippen molar-refractivity contribution in [2.75, 3.05) is 18.5 Å². The number of hydrogen-bond donors (Lipinski definition) is 2. The molecule has 0 radical (unpaired) electrons. The molecule has 122 valence electrons. The number of nitrogens with zero attached hydrogens (tertiary/aromatic N) is 1. The molecular weight excluding hydrogens is 310 g/mol. The van der Waals surface area contributed by atoms with Crippen LogP contribution in [0.25, 0.3) is 0 Å². The lowest BCUT2D eigenvalue weighted by molar-refractivity contribution is -0.384. The second-order valence-corrected chi connectivity index (χ2v) is 6.93. The summed E-state index contributed by atoms with van der Waals surface area (Å²) in [5, 5.41) is 19.3. The number of hydrogen-bond acceptors (Lipinski definition) is 6. The summed E-state index contributed by atoms with van der Waals surface area (Å²) in [5.74, 6) is 0.353. The van der Waals surface area contributed by atoms with Gasteiger partial charge in [-0.25, -0.2) is 13.6 Å². The zero-order chi connectivity index (χ0) is 16.3. The van der Waals surface area contributed by atoms with Crippen molar-refractivity contribution in [2.24, 2.45) is 11.1 Å². The fourth-order valence-electron chi connectivity index (χ4n) is 2.54. The van der Waals surface area contributed by atoms with Crippen molar-refractivity contribution in [2.45, 2.75) is 30.7 Å². The monoisotopic (exact) mass is 329 g/mol. The van der Waals surface area contributed by atoms with Gasteiger partial charge in [0.25, 0.3) is 5.69 Å². The lowest BCUT2D eigenvalue weighted by Gasteiger charge is -2.29. The lowest BCUT2D eigenvalue weighted by Crippen LogP contribution is -2.31.